The topological polar surface area (TPSA) is 69.1 Å². The number of carbonyl (C=O) groups is 1. The maximum atomic E-state index is 11.6. The van der Waals surface area contributed by atoms with Crippen LogP contribution in [0.15, 0.2) is 12.1 Å². The predicted octanol–water partition coefficient (Wildman–Crippen LogP) is 1.42. The number of rotatable bonds is 3. The van der Waals surface area contributed by atoms with Gasteiger partial charge >= 0.3 is 0 Å². The monoisotopic (exact) mass is 192 g/mol. The van der Waals surface area contributed by atoms with Gasteiger partial charge in [0.2, 0.25) is 0 Å². The van der Waals surface area contributed by atoms with Gasteiger partial charge in [0.15, 0.2) is 5.78 Å². The van der Waals surface area contributed by atoms with Crippen LogP contribution in [-0.2, 0) is 0 Å². The summed E-state index contributed by atoms with van der Waals surface area (Å²) in [4.78, 5) is 11.6. The molecular formula is C11H16N2O. The fourth-order valence-corrected chi connectivity index (χ4v) is 1.35. The lowest BCUT2D eigenvalue weighted by Gasteiger charge is -2.09. The lowest BCUT2D eigenvalue weighted by Crippen LogP contribution is -2.11. The largest absolute Gasteiger partial charge is 0.398 e. The standard InChI is InChI=1S/C11H16N2O/c1-7-3-4-9(10(14)5-6-12)11(13)8(7)2/h3-4H,5-6,12-13H2,1-2H3. The number of ketones is 1. The van der Waals surface area contributed by atoms with Crippen molar-refractivity contribution in [1.29, 1.82) is 0 Å². The Labute approximate surface area is 84.1 Å². The molecule has 0 amide bonds. The van der Waals surface area contributed by atoms with Crippen molar-refractivity contribution in [2.24, 2.45) is 5.73 Å². The Hall–Kier alpha value is -1.35. The summed E-state index contributed by atoms with van der Waals surface area (Å²) in [5.74, 6) is 0.0214. The molecule has 4 N–H and O–H groups in total. The molecule has 0 saturated carbocycles. The number of carbonyl (C=O) groups excluding carboxylic acids is 1. The van der Waals surface area contributed by atoms with Gasteiger partial charge in [-0.15, -0.1) is 0 Å². The van der Waals surface area contributed by atoms with Crippen molar-refractivity contribution in [3.8, 4) is 0 Å². The molecule has 1 aromatic carbocycles. The maximum Gasteiger partial charge on any atom is 0.166 e. The fourth-order valence-electron chi connectivity index (χ4n) is 1.35. The zero-order valence-electron chi connectivity index (χ0n) is 8.63. The Kier molecular flexibility index (Phi) is 3.25. The molecule has 14 heavy (non-hydrogen) atoms. The second-order valence-electron chi connectivity index (χ2n) is 3.43. The molecule has 0 atom stereocenters. The predicted molar refractivity (Wildman–Crippen MR) is 58.3 cm³/mol. The molecule has 0 spiro atoms. The third kappa shape index (κ3) is 1.93. The van der Waals surface area contributed by atoms with Crippen LogP contribution in [0.5, 0.6) is 0 Å². The van der Waals surface area contributed by atoms with Crippen molar-refractivity contribution in [1.82, 2.24) is 0 Å². The van der Waals surface area contributed by atoms with Crippen LogP contribution in [0.3, 0.4) is 0 Å². The number of Topliss-reactive ketones (excluding diaryl/α,β-unsaturated/α-hetero) is 1. The van der Waals surface area contributed by atoms with Crippen molar-refractivity contribution >= 4 is 11.5 Å². The molecule has 0 bridgehead atoms. The first kappa shape index (κ1) is 10.7. The van der Waals surface area contributed by atoms with Crippen molar-refractivity contribution < 1.29 is 4.79 Å². The van der Waals surface area contributed by atoms with Crippen LogP contribution in [0.2, 0.25) is 0 Å². The molecule has 76 valence electrons. The Balaban J connectivity index is 3.11. The number of nitrogen functional groups attached to an aromatic ring is 1. The molecule has 0 fully saturated rings. The summed E-state index contributed by atoms with van der Waals surface area (Å²) in [6.45, 7) is 4.26. The number of hydrogen-bond donors (Lipinski definition) is 2. The number of benzene rings is 1. The SMILES string of the molecule is Cc1ccc(C(=O)CCN)c(N)c1C. The normalized spacial score (nSPS) is 10.2. The maximum absolute atomic E-state index is 11.6. The summed E-state index contributed by atoms with van der Waals surface area (Å²) in [5.41, 5.74) is 14.4. The molecule has 3 heteroatoms. The molecule has 1 aromatic rings. The van der Waals surface area contributed by atoms with E-state index in [1.54, 1.807) is 6.07 Å². The first-order valence-corrected chi connectivity index (χ1v) is 4.67. The summed E-state index contributed by atoms with van der Waals surface area (Å²) >= 11 is 0. The van der Waals surface area contributed by atoms with E-state index in [4.69, 9.17) is 11.5 Å². The van der Waals surface area contributed by atoms with Crippen LogP contribution < -0.4 is 11.5 Å². The van der Waals surface area contributed by atoms with E-state index in [0.717, 1.165) is 11.1 Å². The number of aryl methyl sites for hydroxylation is 1. The van der Waals surface area contributed by atoms with Gasteiger partial charge in [-0.05, 0) is 37.6 Å². The van der Waals surface area contributed by atoms with Gasteiger partial charge in [-0.1, -0.05) is 6.07 Å². The second-order valence-corrected chi connectivity index (χ2v) is 3.43. The van der Waals surface area contributed by atoms with E-state index in [0.29, 0.717) is 24.2 Å². The lowest BCUT2D eigenvalue weighted by molar-refractivity contribution is 0.0986. The highest BCUT2D eigenvalue weighted by atomic mass is 16.1. The second kappa shape index (κ2) is 4.24. The van der Waals surface area contributed by atoms with Gasteiger partial charge in [-0.25, -0.2) is 0 Å². The molecule has 0 radical (unpaired) electrons. The quantitative estimate of drug-likeness (QED) is 0.562. The van der Waals surface area contributed by atoms with Crippen LogP contribution >= 0.6 is 0 Å². The van der Waals surface area contributed by atoms with Crippen LogP contribution in [0.4, 0.5) is 5.69 Å². The van der Waals surface area contributed by atoms with Gasteiger partial charge < -0.3 is 11.5 Å². The molecule has 1 rings (SSSR count). The minimum absolute atomic E-state index is 0.0214. The van der Waals surface area contributed by atoms with E-state index in [2.05, 4.69) is 0 Å². The van der Waals surface area contributed by atoms with E-state index in [1.807, 2.05) is 19.9 Å². The summed E-state index contributed by atoms with van der Waals surface area (Å²) in [6, 6.07) is 3.69. The van der Waals surface area contributed by atoms with Gasteiger partial charge in [0.1, 0.15) is 0 Å². The molecule has 3 nitrogen and oxygen atoms in total. The first-order valence-electron chi connectivity index (χ1n) is 4.67. The Morgan fingerprint density at radius 3 is 2.57 bits per heavy atom. The highest BCUT2D eigenvalue weighted by Gasteiger charge is 2.11. The third-order valence-corrected chi connectivity index (χ3v) is 2.46. The van der Waals surface area contributed by atoms with Crippen LogP contribution in [0.1, 0.15) is 27.9 Å². The van der Waals surface area contributed by atoms with Crippen molar-refractivity contribution in [3.05, 3.63) is 28.8 Å². The van der Waals surface area contributed by atoms with Gasteiger partial charge in [0.25, 0.3) is 0 Å². The van der Waals surface area contributed by atoms with Crippen molar-refractivity contribution in [2.75, 3.05) is 12.3 Å². The third-order valence-electron chi connectivity index (χ3n) is 2.46. The van der Waals surface area contributed by atoms with E-state index in [9.17, 15) is 4.79 Å². The molecule has 0 aliphatic heterocycles. The van der Waals surface area contributed by atoms with Gasteiger partial charge in [0, 0.05) is 17.7 Å². The van der Waals surface area contributed by atoms with E-state index in [-0.39, 0.29) is 5.78 Å². The Bertz CT molecular complexity index is 359. The summed E-state index contributed by atoms with van der Waals surface area (Å²) in [5, 5.41) is 0. The minimum Gasteiger partial charge on any atom is -0.398 e. The van der Waals surface area contributed by atoms with Gasteiger partial charge in [-0.2, -0.15) is 0 Å². The molecular weight excluding hydrogens is 176 g/mol. The molecule has 0 unspecified atom stereocenters. The van der Waals surface area contributed by atoms with Gasteiger partial charge in [0.05, 0.1) is 0 Å². The van der Waals surface area contributed by atoms with Crippen LogP contribution in [0.25, 0.3) is 0 Å². The Morgan fingerprint density at radius 2 is 2.00 bits per heavy atom. The smallest absolute Gasteiger partial charge is 0.166 e. The van der Waals surface area contributed by atoms with Crippen molar-refractivity contribution in [3.63, 3.8) is 0 Å². The average Bonchev–Trinajstić information content (AvgIpc) is 2.15. The van der Waals surface area contributed by atoms with Gasteiger partial charge in [-0.3, -0.25) is 4.79 Å². The summed E-state index contributed by atoms with van der Waals surface area (Å²) < 4.78 is 0. The Morgan fingerprint density at radius 1 is 1.36 bits per heavy atom. The number of anilines is 1. The van der Waals surface area contributed by atoms with Crippen LogP contribution in [0, 0.1) is 13.8 Å². The number of nitrogens with two attached hydrogens (primary N) is 2. The molecule has 0 aliphatic carbocycles. The van der Waals surface area contributed by atoms with Crippen molar-refractivity contribution in [2.45, 2.75) is 20.3 Å². The zero-order valence-corrected chi connectivity index (χ0v) is 8.63. The molecule has 0 saturated heterocycles. The van der Waals surface area contributed by atoms with E-state index < -0.39 is 0 Å². The zero-order chi connectivity index (χ0) is 10.7. The lowest BCUT2D eigenvalue weighted by atomic mass is 9.99. The number of hydrogen-bond acceptors (Lipinski definition) is 3. The summed E-state index contributed by atoms with van der Waals surface area (Å²) in [7, 11) is 0. The first-order chi connectivity index (χ1) is 6.57. The molecule has 0 aliphatic rings. The molecule has 0 aromatic heterocycles. The fraction of sp³-hybridized carbons (Fsp3) is 0.364. The highest BCUT2D eigenvalue weighted by Crippen LogP contribution is 2.21. The van der Waals surface area contributed by atoms with E-state index in [1.165, 1.54) is 0 Å². The summed E-state index contributed by atoms with van der Waals surface area (Å²) in [6.07, 6.45) is 0.354. The average molecular weight is 192 g/mol. The minimum atomic E-state index is 0.0214. The van der Waals surface area contributed by atoms with E-state index >= 15 is 0 Å². The van der Waals surface area contributed by atoms with Crippen LogP contribution in [-0.4, -0.2) is 12.3 Å². The molecule has 0 heterocycles. The highest BCUT2D eigenvalue weighted by molar-refractivity contribution is 6.01.